The van der Waals surface area contributed by atoms with Gasteiger partial charge in [-0.25, -0.2) is 4.79 Å². The van der Waals surface area contributed by atoms with Crippen LogP contribution in [0.1, 0.15) is 18.4 Å². The Morgan fingerprint density at radius 3 is 2.57 bits per heavy atom. The summed E-state index contributed by atoms with van der Waals surface area (Å²) in [5, 5.41) is 3.18. The average molecular weight is 379 g/mol. The van der Waals surface area contributed by atoms with Crippen LogP contribution in [-0.4, -0.2) is 49.1 Å². The zero-order chi connectivity index (χ0) is 19.6. The number of amides is 3. The van der Waals surface area contributed by atoms with Gasteiger partial charge in [0.1, 0.15) is 12.3 Å². The fraction of sp³-hybridized carbons (Fsp3) is 0.364. The Hall–Kier alpha value is -3.02. The fourth-order valence-electron chi connectivity index (χ4n) is 3.69. The number of ether oxygens (including phenoxy) is 1. The van der Waals surface area contributed by atoms with Crippen molar-refractivity contribution in [1.82, 2.24) is 10.2 Å². The first-order valence-electron chi connectivity index (χ1n) is 9.64. The van der Waals surface area contributed by atoms with Gasteiger partial charge in [-0.05, 0) is 37.0 Å². The second kappa shape index (κ2) is 7.54. The van der Waals surface area contributed by atoms with Crippen molar-refractivity contribution in [3.63, 3.8) is 0 Å². The van der Waals surface area contributed by atoms with E-state index >= 15 is 0 Å². The van der Waals surface area contributed by atoms with Gasteiger partial charge in [0.25, 0.3) is 0 Å². The molecule has 1 saturated carbocycles. The van der Waals surface area contributed by atoms with Gasteiger partial charge in [-0.2, -0.15) is 0 Å². The van der Waals surface area contributed by atoms with Crippen LogP contribution < -0.4 is 15.0 Å². The Labute approximate surface area is 165 Å². The smallest absolute Gasteiger partial charge is 0.318 e. The van der Waals surface area contributed by atoms with Gasteiger partial charge in [-0.3, -0.25) is 4.79 Å². The van der Waals surface area contributed by atoms with E-state index in [2.05, 4.69) is 17.4 Å². The molecule has 0 radical (unpaired) electrons. The topological polar surface area (TPSA) is 61.9 Å². The van der Waals surface area contributed by atoms with E-state index in [0.29, 0.717) is 18.8 Å². The maximum absolute atomic E-state index is 12.8. The molecule has 3 amide bonds. The predicted molar refractivity (Wildman–Crippen MR) is 108 cm³/mol. The molecule has 0 aromatic heterocycles. The van der Waals surface area contributed by atoms with Crippen molar-refractivity contribution in [1.29, 1.82) is 0 Å². The van der Waals surface area contributed by atoms with Gasteiger partial charge in [-0.1, -0.05) is 36.4 Å². The fourth-order valence-corrected chi connectivity index (χ4v) is 3.69. The summed E-state index contributed by atoms with van der Waals surface area (Å²) in [6, 6.07) is 17.5. The number of nitrogens with zero attached hydrogens (tertiary/aromatic N) is 2. The number of nitrogens with one attached hydrogen (secondary N) is 1. The number of carbonyl (C=O) groups excluding carboxylic acids is 2. The van der Waals surface area contributed by atoms with E-state index in [1.807, 2.05) is 42.5 Å². The van der Waals surface area contributed by atoms with Crippen molar-refractivity contribution >= 4 is 17.6 Å². The first-order valence-corrected chi connectivity index (χ1v) is 9.64. The van der Waals surface area contributed by atoms with Crippen LogP contribution in [-0.2, 0) is 11.2 Å². The highest BCUT2D eigenvalue weighted by Crippen LogP contribution is 2.38. The number of piperazine rings is 1. The third-order valence-corrected chi connectivity index (χ3v) is 5.48. The Balaban J connectivity index is 1.36. The van der Waals surface area contributed by atoms with E-state index in [1.165, 1.54) is 5.56 Å². The molecule has 2 aromatic carbocycles. The van der Waals surface area contributed by atoms with Crippen LogP contribution in [0.2, 0.25) is 0 Å². The summed E-state index contributed by atoms with van der Waals surface area (Å²) in [5.41, 5.74) is 1.86. The summed E-state index contributed by atoms with van der Waals surface area (Å²) < 4.78 is 5.24. The SMILES string of the molecule is COc1cccc(N2CCN(C(=O)NC3(Cc4ccccc4)CC3)CC2=O)c1. The number of methoxy groups -OCH3 is 1. The van der Waals surface area contributed by atoms with Crippen molar-refractivity contribution in [3.8, 4) is 5.75 Å². The highest BCUT2D eigenvalue weighted by atomic mass is 16.5. The molecule has 6 heteroatoms. The number of carbonyl (C=O) groups is 2. The van der Waals surface area contributed by atoms with Crippen molar-refractivity contribution in [3.05, 3.63) is 60.2 Å². The van der Waals surface area contributed by atoms with Crippen LogP contribution in [0.5, 0.6) is 5.75 Å². The maximum atomic E-state index is 12.8. The largest absolute Gasteiger partial charge is 0.497 e. The zero-order valence-electron chi connectivity index (χ0n) is 16.1. The summed E-state index contributed by atoms with van der Waals surface area (Å²) in [6.45, 7) is 1.08. The molecule has 146 valence electrons. The van der Waals surface area contributed by atoms with E-state index in [4.69, 9.17) is 4.74 Å². The predicted octanol–water partition coefficient (Wildman–Crippen LogP) is 2.83. The van der Waals surface area contributed by atoms with Gasteiger partial charge in [0.15, 0.2) is 0 Å². The Morgan fingerprint density at radius 2 is 1.89 bits per heavy atom. The summed E-state index contributed by atoms with van der Waals surface area (Å²) in [4.78, 5) is 28.7. The minimum absolute atomic E-state index is 0.0810. The first kappa shape index (κ1) is 18.3. The molecule has 0 spiro atoms. The Kier molecular flexibility index (Phi) is 4.94. The normalized spacial score (nSPS) is 18.0. The lowest BCUT2D eigenvalue weighted by atomic mass is 10.0. The summed E-state index contributed by atoms with van der Waals surface area (Å²) in [7, 11) is 1.60. The summed E-state index contributed by atoms with van der Waals surface area (Å²) >= 11 is 0. The third kappa shape index (κ3) is 3.96. The van der Waals surface area contributed by atoms with Crippen LogP contribution >= 0.6 is 0 Å². The van der Waals surface area contributed by atoms with Gasteiger partial charge in [0.2, 0.25) is 5.91 Å². The van der Waals surface area contributed by atoms with Gasteiger partial charge in [0, 0.05) is 30.4 Å². The molecule has 0 atom stereocenters. The Bertz CT molecular complexity index is 864. The van der Waals surface area contributed by atoms with Crippen LogP contribution in [0.4, 0.5) is 10.5 Å². The molecule has 4 rings (SSSR count). The van der Waals surface area contributed by atoms with E-state index in [0.717, 1.165) is 24.9 Å². The van der Waals surface area contributed by atoms with Crippen LogP contribution in [0.25, 0.3) is 0 Å². The van der Waals surface area contributed by atoms with Crippen molar-refractivity contribution < 1.29 is 14.3 Å². The molecule has 1 heterocycles. The summed E-state index contributed by atoms with van der Waals surface area (Å²) in [6.07, 6.45) is 2.79. The number of hydrogen-bond acceptors (Lipinski definition) is 3. The van der Waals surface area contributed by atoms with Gasteiger partial charge >= 0.3 is 6.03 Å². The minimum atomic E-state index is -0.161. The first-order chi connectivity index (χ1) is 13.6. The second-order valence-electron chi connectivity index (χ2n) is 7.54. The molecule has 2 aromatic rings. The molecule has 28 heavy (non-hydrogen) atoms. The molecule has 0 unspecified atom stereocenters. The summed E-state index contributed by atoms with van der Waals surface area (Å²) in [5.74, 6) is 0.629. The monoisotopic (exact) mass is 379 g/mol. The molecule has 1 saturated heterocycles. The van der Waals surface area contributed by atoms with Crippen molar-refractivity contribution in [2.75, 3.05) is 31.6 Å². The highest BCUT2D eigenvalue weighted by molar-refractivity contribution is 5.98. The highest BCUT2D eigenvalue weighted by Gasteiger charge is 2.45. The third-order valence-electron chi connectivity index (χ3n) is 5.48. The molecule has 1 aliphatic carbocycles. The molecule has 2 aliphatic rings. The van der Waals surface area contributed by atoms with Crippen LogP contribution in [0.15, 0.2) is 54.6 Å². The lowest BCUT2D eigenvalue weighted by molar-refractivity contribution is -0.120. The lowest BCUT2D eigenvalue weighted by Gasteiger charge is -2.35. The van der Waals surface area contributed by atoms with Crippen LogP contribution in [0.3, 0.4) is 0 Å². The quantitative estimate of drug-likeness (QED) is 0.869. The standard InChI is InChI=1S/C22H25N3O3/c1-28-19-9-5-8-18(14-19)25-13-12-24(16-20(25)26)21(27)23-22(10-11-22)15-17-6-3-2-4-7-17/h2-9,14H,10-13,15-16H2,1H3,(H,23,27). The van der Waals surface area contributed by atoms with Crippen molar-refractivity contribution in [2.24, 2.45) is 0 Å². The maximum Gasteiger partial charge on any atom is 0.318 e. The van der Waals surface area contributed by atoms with Gasteiger partial charge < -0.3 is 19.9 Å². The minimum Gasteiger partial charge on any atom is -0.497 e. The molecular formula is C22H25N3O3. The molecular weight excluding hydrogens is 354 g/mol. The second-order valence-corrected chi connectivity index (χ2v) is 7.54. The van der Waals surface area contributed by atoms with E-state index < -0.39 is 0 Å². The number of urea groups is 1. The van der Waals surface area contributed by atoms with E-state index in [-0.39, 0.29) is 24.0 Å². The lowest BCUT2D eigenvalue weighted by Crippen LogP contribution is -2.56. The zero-order valence-corrected chi connectivity index (χ0v) is 16.1. The van der Waals surface area contributed by atoms with Gasteiger partial charge in [-0.15, -0.1) is 0 Å². The molecule has 6 nitrogen and oxygen atoms in total. The number of hydrogen-bond donors (Lipinski definition) is 1. The molecule has 1 N–H and O–H groups in total. The molecule has 1 aliphatic heterocycles. The molecule has 2 fully saturated rings. The molecule has 0 bridgehead atoms. The van der Waals surface area contributed by atoms with Gasteiger partial charge in [0.05, 0.1) is 7.11 Å². The Morgan fingerprint density at radius 1 is 1.11 bits per heavy atom. The number of benzene rings is 2. The van der Waals surface area contributed by atoms with Crippen molar-refractivity contribution in [2.45, 2.75) is 24.8 Å². The van der Waals surface area contributed by atoms with E-state index in [1.54, 1.807) is 16.9 Å². The average Bonchev–Trinajstić information content (AvgIpc) is 3.47. The van der Waals surface area contributed by atoms with Crippen LogP contribution in [0, 0.1) is 0 Å². The number of rotatable bonds is 5. The number of anilines is 1. The van der Waals surface area contributed by atoms with E-state index in [9.17, 15) is 9.59 Å².